The molecule has 0 saturated carbocycles. The fourth-order valence-corrected chi connectivity index (χ4v) is 1.16. The van der Waals surface area contributed by atoms with Gasteiger partial charge >= 0.3 is 5.97 Å². The summed E-state index contributed by atoms with van der Waals surface area (Å²) in [5, 5.41) is 11.8. The highest BCUT2D eigenvalue weighted by Crippen LogP contribution is 2.15. The van der Waals surface area contributed by atoms with E-state index in [-0.39, 0.29) is 11.8 Å². The fourth-order valence-electron chi connectivity index (χ4n) is 1.16. The van der Waals surface area contributed by atoms with E-state index in [1.165, 1.54) is 6.07 Å². The average Bonchev–Trinajstić information content (AvgIpc) is 2.66. The molecule has 0 spiro atoms. The number of nitrogens with one attached hydrogen (secondary N) is 1. The van der Waals surface area contributed by atoms with Crippen molar-refractivity contribution in [2.45, 2.75) is 19.4 Å². The number of carboxylic acid groups (broad SMARTS) is 1. The van der Waals surface area contributed by atoms with Crippen molar-refractivity contribution in [2.75, 3.05) is 6.54 Å². The van der Waals surface area contributed by atoms with Gasteiger partial charge in [-0.2, -0.15) is 0 Å². The Bertz CT molecular complexity index is 375. The van der Waals surface area contributed by atoms with Crippen molar-refractivity contribution in [3.8, 4) is 12.3 Å². The van der Waals surface area contributed by atoms with Gasteiger partial charge in [-0.25, -0.2) is 4.79 Å². The smallest absolute Gasteiger partial charge is 0.371 e. The van der Waals surface area contributed by atoms with Gasteiger partial charge in [-0.05, 0) is 19.1 Å². The lowest BCUT2D eigenvalue weighted by Crippen LogP contribution is -2.18. The zero-order valence-electron chi connectivity index (χ0n) is 8.49. The van der Waals surface area contributed by atoms with Gasteiger partial charge in [-0.15, -0.1) is 12.3 Å². The van der Waals surface area contributed by atoms with Gasteiger partial charge in [0.2, 0.25) is 5.76 Å². The second-order valence-electron chi connectivity index (χ2n) is 3.14. The van der Waals surface area contributed by atoms with E-state index in [2.05, 4.69) is 11.2 Å². The van der Waals surface area contributed by atoms with Crippen molar-refractivity contribution in [3.05, 3.63) is 23.7 Å². The first-order valence-electron chi connectivity index (χ1n) is 4.65. The van der Waals surface area contributed by atoms with Gasteiger partial charge in [0.15, 0.2) is 0 Å². The summed E-state index contributed by atoms with van der Waals surface area (Å²) < 4.78 is 5.12. The summed E-state index contributed by atoms with van der Waals surface area (Å²) >= 11 is 0. The molecule has 15 heavy (non-hydrogen) atoms. The van der Waals surface area contributed by atoms with Crippen molar-refractivity contribution >= 4 is 5.97 Å². The fraction of sp³-hybridized carbons (Fsp3) is 0.364. The Hall–Kier alpha value is -1.73. The first kappa shape index (κ1) is 11.3. The minimum Gasteiger partial charge on any atom is -0.475 e. The molecule has 0 saturated heterocycles. The number of aromatic carboxylic acids is 1. The van der Waals surface area contributed by atoms with E-state index in [4.69, 9.17) is 15.9 Å². The molecular formula is C11H13NO3. The molecule has 1 heterocycles. The molecule has 1 aromatic heterocycles. The molecule has 4 nitrogen and oxygen atoms in total. The molecule has 0 fully saturated rings. The molecule has 0 bridgehead atoms. The number of hydrogen-bond donors (Lipinski definition) is 2. The Kier molecular flexibility index (Phi) is 3.95. The van der Waals surface area contributed by atoms with Gasteiger partial charge in [0.1, 0.15) is 5.76 Å². The van der Waals surface area contributed by atoms with Gasteiger partial charge in [0.05, 0.1) is 6.04 Å². The third kappa shape index (κ3) is 3.15. The maximum absolute atomic E-state index is 10.6. The van der Waals surface area contributed by atoms with Crippen LogP contribution in [-0.2, 0) is 0 Å². The third-order valence-electron chi connectivity index (χ3n) is 1.98. The van der Waals surface area contributed by atoms with Crippen LogP contribution in [0.1, 0.15) is 35.7 Å². The molecule has 0 aliphatic heterocycles. The predicted molar refractivity (Wildman–Crippen MR) is 55.5 cm³/mol. The summed E-state index contributed by atoms with van der Waals surface area (Å²) in [5.74, 6) is 2.01. The molecule has 0 amide bonds. The Labute approximate surface area is 88.3 Å². The highest BCUT2D eigenvalue weighted by Gasteiger charge is 2.13. The van der Waals surface area contributed by atoms with E-state index in [0.717, 1.165) is 0 Å². The predicted octanol–water partition coefficient (Wildman–Crippen LogP) is 1.65. The number of carboxylic acids is 1. The van der Waals surface area contributed by atoms with Gasteiger partial charge in [0, 0.05) is 13.0 Å². The second-order valence-corrected chi connectivity index (χ2v) is 3.14. The van der Waals surface area contributed by atoms with Crippen LogP contribution >= 0.6 is 0 Å². The molecule has 0 radical (unpaired) electrons. The summed E-state index contributed by atoms with van der Waals surface area (Å²) in [6, 6.07) is 3.06. The normalized spacial score (nSPS) is 12.0. The molecule has 1 atom stereocenters. The number of furan rings is 1. The van der Waals surface area contributed by atoms with E-state index in [1.54, 1.807) is 6.07 Å². The summed E-state index contributed by atoms with van der Waals surface area (Å²) in [6.07, 6.45) is 5.74. The highest BCUT2D eigenvalue weighted by molar-refractivity contribution is 5.84. The molecular weight excluding hydrogens is 194 g/mol. The molecule has 0 aliphatic rings. The van der Waals surface area contributed by atoms with Crippen LogP contribution in [0.5, 0.6) is 0 Å². The minimum atomic E-state index is -1.06. The van der Waals surface area contributed by atoms with E-state index >= 15 is 0 Å². The second kappa shape index (κ2) is 5.23. The maximum Gasteiger partial charge on any atom is 0.371 e. The Balaban J connectivity index is 2.55. The van der Waals surface area contributed by atoms with E-state index in [0.29, 0.717) is 18.7 Å². The molecule has 0 aliphatic carbocycles. The monoisotopic (exact) mass is 207 g/mol. The van der Waals surface area contributed by atoms with Crippen molar-refractivity contribution in [2.24, 2.45) is 0 Å². The van der Waals surface area contributed by atoms with Crippen LogP contribution in [-0.4, -0.2) is 17.6 Å². The van der Waals surface area contributed by atoms with Crippen LogP contribution in [0.25, 0.3) is 0 Å². The molecule has 0 aromatic carbocycles. The van der Waals surface area contributed by atoms with Crippen LogP contribution in [0.4, 0.5) is 0 Å². The third-order valence-corrected chi connectivity index (χ3v) is 1.98. The minimum absolute atomic E-state index is 0.0357. The maximum atomic E-state index is 10.6. The van der Waals surface area contributed by atoms with Crippen LogP contribution in [0.3, 0.4) is 0 Å². The summed E-state index contributed by atoms with van der Waals surface area (Å²) in [6.45, 7) is 2.57. The lowest BCUT2D eigenvalue weighted by atomic mass is 10.2. The van der Waals surface area contributed by atoms with Crippen LogP contribution in [0.15, 0.2) is 16.5 Å². The number of rotatable bonds is 5. The summed E-state index contributed by atoms with van der Waals surface area (Å²) in [5.41, 5.74) is 0. The number of terminal acetylenes is 1. The molecule has 1 rings (SSSR count). The first-order valence-corrected chi connectivity index (χ1v) is 4.65. The molecule has 4 heteroatoms. The van der Waals surface area contributed by atoms with Crippen molar-refractivity contribution in [1.29, 1.82) is 0 Å². The highest BCUT2D eigenvalue weighted by atomic mass is 16.4. The molecule has 1 unspecified atom stereocenters. The van der Waals surface area contributed by atoms with E-state index < -0.39 is 5.97 Å². The lowest BCUT2D eigenvalue weighted by Gasteiger charge is -2.09. The number of hydrogen-bond acceptors (Lipinski definition) is 3. The quantitative estimate of drug-likeness (QED) is 0.569. The molecule has 1 aromatic rings. The average molecular weight is 207 g/mol. The largest absolute Gasteiger partial charge is 0.475 e. The van der Waals surface area contributed by atoms with Crippen LogP contribution in [0.2, 0.25) is 0 Å². The van der Waals surface area contributed by atoms with E-state index in [1.807, 2.05) is 6.92 Å². The van der Waals surface area contributed by atoms with Crippen molar-refractivity contribution in [3.63, 3.8) is 0 Å². The van der Waals surface area contributed by atoms with Gasteiger partial charge in [-0.1, -0.05) is 0 Å². The Morgan fingerprint density at radius 2 is 2.47 bits per heavy atom. The summed E-state index contributed by atoms with van der Waals surface area (Å²) in [4.78, 5) is 10.6. The first-order chi connectivity index (χ1) is 7.15. The zero-order chi connectivity index (χ0) is 11.3. The molecule has 80 valence electrons. The van der Waals surface area contributed by atoms with E-state index in [9.17, 15) is 4.79 Å². The Morgan fingerprint density at radius 3 is 3.00 bits per heavy atom. The number of carbonyl (C=O) groups is 1. The van der Waals surface area contributed by atoms with Gasteiger partial charge < -0.3 is 14.8 Å². The van der Waals surface area contributed by atoms with Gasteiger partial charge in [-0.3, -0.25) is 0 Å². The van der Waals surface area contributed by atoms with Crippen LogP contribution < -0.4 is 5.32 Å². The Morgan fingerprint density at radius 1 is 1.73 bits per heavy atom. The lowest BCUT2D eigenvalue weighted by molar-refractivity contribution is 0.0659. The SMILES string of the molecule is C#CCCNC(C)c1ccc(C(=O)O)o1. The van der Waals surface area contributed by atoms with Crippen molar-refractivity contribution in [1.82, 2.24) is 5.32 Å². The molecule has 2 N–H and O–H groups in total. The zero-order valence-corrected chi connectivity index (χ0v) is 8.49. The van der Waals surface area contributed by atoms with Crippen LogP contribution in [0, 0.1) is 12.3 Å². The topological polar surface area (TPSA) is 62.5 Å². The van der Waals surface area contributed by atoms with Gasteiger partial charge in [0.25, 0.3) is 0 Å². The van der Waals surface area contributed by atoms with Crippen molar-refractivity contribution < 1.29 is 14.3 Å². The summed E-state index contributed by atoms with van der Waals surface area (Å²) in [7, 11) is 0. The standard InChI is InChI=1S/C11H13NO3/c1-3-4-7-12-8(2)9-5-6-10(15-9)11(13)14/h1,5-6,8,12H,4,7H2,2H3,(H,13,14).